The summed E-state index contributed by atoms with van der Waals surface area (Å²) in [7, 11) is -4.31. The van der Waals surface area contributed by atoms with Crippen molar-refractivity contribution < 1.29 is 17.8 Å². The molecule has 2 aromatic carbocycles. The number of carbonyl (C=O) groups excluding carboxylic acids is 1. The lowest BCUT2D eigenvalue weighted by Crippen LogP contribution is -2.12. The van der Waals surface area contributed by atoms with Gasteiger partial charge in [-0.1, -0.05) is 103 Å². The van der Waals surface area contributed by atoms with Crippen LogP contribution in [0, 0.1) is 0 Å². The summed E-state index contributed by atoms with van der Waals surface area (Å²) in [5.41, 5.74) is 3.43. The second-order valence-electron chi connectivity index (χ2n) is 9.22. The Morgan fingerprint density at radius 2 is 1.03 bits per heavy atom. The van der Waals surface area contributed by atoms with Crippen LogP contribution in [0.1, 0.15) is 115 Å². The van der Waals surface area contributed by atoms with Crippen LogP contribution in [0.4, 0.5) is 0 Å². The Labute approximate surface area is 208 Å². The van der Waals surface area contributed by atoms with Gasteiger partial charge in [-0.25, -0.2) is 0 Å². The molecule has 0 atom stereocenters. The molecule has 0 saturated carbocycles. The lowest BCUT2D eigenvalue weighted by atomic mass is 9.86. The third kappa shape index (κ3) is 9.14. The molecule has 4 nitrogen and oxygen atoms in total. The van der Waals surface area contributed by atoms with Gasteiger partial charge in [-0.15, -0.1) is 0 Å². The molecular formula is C29H46O4S. The molecule has 0 amide bonds. The quantitative estimate of drug-likeness (QED) is 0.190. The van der Waals surface area contributed by atoms with E-state index in [0.717, 1.165) is 75.2 Å². The Kier molecular flexibility index (Phi) is 15.0. The van der Waals surface area contributed by atoms with E-state index in [-0.39, 0.29) is 4.90 Å². The third-order valence-corrected chi connectivity index (χ3v) is 7.58. The van der Waals surface area contributed by atoms with Crippen LogP contribution < -0.4 is 0 Å². The van der Waals surface area contributed by atoms with E-state index in [9.17, 15) is 13.0 Å². The Bertz CT molecular complexity index is 950. The van der Waals surface area contributed by atoms with Crippen LogP contribution >= 0.6 is 0 Å². The number of aryl methyl sites for hydroxylation is 1. The normalized spacial score (nSPS) is 11.4. The second-order valence-corrected chi connectivity index (χ2v) is 10.6. The molecule has 0 spiro atoms. The largest absolute Gasteiger partial charge is 0.307 e. The van der Waals surface area contributed by atoms with Crippen molar-refractivity contribution in [2.24, 2.45) is 0 Å². The summed E-state index contributed by atoms with van der Waals surface area (Å²) in [4.78, 5) is 8.17. The van der Waals surface area contributed by atoms with Crippen molar-refractivity contribution in [3.63, 3.8) is 0 Å². The molecule has 0 saturated heterocycles. The third-order valence-electron chi connectivity index (χ3n) is 6.60. The van der Waals surface area contributed by atoms with Crippen molar-refractivity contribution in [2.45, 2.75) is 122 Å². The van der Waals surface area contributed by atoms with Gasteiger partial charge in [-0.2, -0.15) is 8.42 Å². The predicted molar refractivity (Wildman–Crippen MR) is 144 cm³/mol. The van der Waals surface area contributed by atoms with Gasteiger partial charge in [-0.3, -0.25) is 4.55 Å². The van der Waals surface area contributed by atoms with Crippen LogP contribution in [0.5, 0.6) is 0 Å². The fourth-order valence-corrected chi connectivity index (χ4v) is 5.91. The van der Waals surface area contributed by atoms with Crippen molar-refractivity contribution >= 4 is 27.7 Å². The van der Waals surface area contributed by atoms with E-state index in [4.69, 9.17) is 4.79 Å². The Hall–Kier alpha value is -1.72. The summed E-state index contributed by atoms with van der Waals surface area (Å²) in [5, 5.41) is 1.71. The molecule has 0 aliphatic rings. The highest BCUT2D eigenvalue weighted by Gasteiger charge is 2.25. The number of carbonyl (C=O) groups is 1. The van der Waals surface area contributed by atoms with Crippen molar-refractivity contribution in [3.8, 4) is 0 Å². The number of rotatable bonds is 16. The van der Waals surface area contributed by atoms with Crippen LogP contribution in [-0.2, 0) is 34.2 Å². The molecular weight excluding hydrogens is 444 g/mol. The van der Waals surface area contributed by atoms with Gasteiger partial charge in [0.15, 0.2) is 0 Å². The maximum absolute atomic E-state index is 12.7. The van der Waals surface area contributed by atoms with Crippen molar-refractivity contribution in [3.05, 3.63) is 41.0 Å². The summed E-state index contributed by atoms with van der Waals surface area (Å²) in [6, 6.07) is 7.81. The standard InChI is InChI=1S/C28H44O3S.CH2O/c1-4-7-10-13-18-23-24(19-14-11-8-5-2)26(21-15-12-9-6-3)28(32(29,30)31)27-22-17-16-20-25(23)27;1-2/h16-17,20,22H,4-15,18-19,21H2,1-3H3,(H,29,30,31);1H2. The molecule has 34 heavy (non-hydrogen) atoms. The fraction of sp³-hybridized carbons (Fsp3) is 0.621. The highest BCUT2D eigenvalue weighted by molar-refractivity contribution is 7.86. The second kappa shape index (κ2) is 16.8. The average molecular weight is 491 g/mol. The van der Waals surface area contributed by atoms with Crippen LogP contribution in [0.25, 0.3) is 10.8 Å². The highest BCUT2D eigenvalue weighted by atomic mass is 32.2. The minimum absolute atomic E-state index is 0.174. The molecule has 0 radical (unpaired) electrons. The van der Waals surface area contributed by atoms with Crippen LogP contribution in [0.2, 0.25) is 0 Å². The van der Waals surface area contributed by atoms with Crippen LogP contribution in [0.15, 0.2) is 29.2 Å². The van der Waals surface area contributed by atoms with Gasteiger partial charge in [0, 0.05) is 5.39 Å². The lowest BCUT2D eigenvalue weighted by Gasteiger charge is -2.22. The first kappa shape index (κ1) is 30.3. The Morgan fingerprint density at radius 3 is 1.47 bits per heavy atom. The number of hydrogen-bond donors (Lipinski definition) is 1. The topological polar surface area (TPSA) is 71.4 Å². The molecule has 0 aliphatic carbocycles. The zero-order valence-electron chi connectivity index (χ0n) is 21.7. The van der Waals surface area contributed by atoms with Crippen LogP contribution in [0.3, 0.4) is 0 Å². The van der Waals surface area contributed by atoms with Gasteiger partial charge in [0.05, 0.1) is 0 Å². The molecule has 0 aromatic heterocycles. The minimum Gasteiger partial charge on any atom is -0.307 e. The maximum Gasteiger partial charge on any atom is 0.295 e. The van der Waals surface area contributed by atoms with Gasteiger partial charge in [0.1, 0.15) is 11.7 Å². The number of benzene rings is 2. The summed E-state index contributed by atoms with van der Waals surface area (Å²) in [6.07, 6.45) is 16.4. The van der Waals surface area contributed by atoms with Crippen molar-refractivity contribution in [2.75, 3.05) is 0 Å². The first-order chi connectivity index (χ1) is 16.5. The maximum atomic E-state index is 12.7. The molecule has 0 aliphatic heterocycles. The fourth-order valence-electron chi connectivity index (χ4n) is 4.92. The van der Waals surface area contributed by atoms with Crippen LogP contribution in [-0.4, -0.2) is 19.8 Å². The molecule has 1 N–H and O–H groups in total. The van der Waals surface area contributed by atoms with Gasteiger partial charge < -0.3 is 4.79 Å². The Balaban J connectivity index is 0.00000281. The van der Waals surface area contributed by atoms with Gasteiger partial charge in [0.2, 0.25) is 0 Å². The molecule has 2 aromatic rings. The average Bonchev–Trinajstić information content (AvgIpc) is 2.83. The molecule has 0 unspecified atom stereocenters. The molecule has 0 bridgehead atoms. The number of unbranched alkanes of at least 4 members (excludes halogenated alkanes) is 9. The minimum atomic E-state index is -4.31. The molecule has 192 valence electrons. The smallest absolute Gasteiger partial charge is 0.295 e. The van der Waals surface area contributed by atoms with Gasteiger partial charge in [0.25, 0.3) is 10.1 Å². The number of fused-ring (bicyclic) bond motifs is 1. The first-order valence-corrected chi connectivity index (χ1v) is 14.7. The van der Waals surface area contributed by atoms with Gasteiger partial charge >= 0.3 is 0 Å². The SMILES string of the molecule is C=O.CCCCCCc1c(CCCCCC)c(S(=O)(=O)O)c2ccccc2c1CCCCCC. The van der Waals surface area contributed by atoms with E-state index in [1.54, 1.807) is 0 Å². The molecule has 0 fully saturated rings. The molecule has 5 heteroatoms. The van der Waals surface area contributed by atoms with Crippen molar-refractivity contribution in [1.29, 1.82) is 0 Å². The summed E-state index contributed by atoms with van der Waals surface area (Å²) in [5.74, 6) is 0. The highest BCUT2D eigenvalue weighted by Crippen LogP contribution is 2.37. The van der Waals surface area contributed by atoms with E-state index in [1.807, 2.05) is 25.0 Å². The predicted octanol–water partition coefficient (Wildman–Crippen LogP) is 8.27. The molecule has 2 rings (SSSR count). The van der Waals surface area contributed by atoms with Gasteiger partial charge in [-0.05, 0) is 60.6 Å². The zero-order valence-corrected chi connectivity index (χ0v) is 22.5. The Morgan fingerprint density at radius 1 is 0.618 bits per heavy atom. The van der Waals surface area contributed by atoms with E-state index in [2.05, 4.69) is 26.8 Å². The molecule has 0 heterocycles. The summed E-state index contributed by atoms with van der Waals surface area (Å²) >= 11 is 0. The van der Waals surface area contributed by atoms with E-state index in [0.29, 0.717) is 5.39 Å². The summed E-state index contributed by atoms with van der Waals surface area (Å²) < 4.78 is 35.6. The summed E-state index contributed by atoms with van der Waals surface area (Å²) in [6.45, 7) is 8.63. The first-order valence-electron chi connectivity index (χ1n) is 13.3. The van der Waals surface area contributed by atoms with E-state index < -0.39 is 10.1 Å². The lowest BCUT2D eigenvalue weighted by molar-refractivity contribution is -0.0980. The van der Waals surface area contributed by atoms with E-state index >= 15 is 0 Å². The zero-order chi connectivity index (χ0) is 25.4. The van der Waals surface area contributed by atoms with Crippen molar-refractivity contribution in [1.82, 2.24) is 0 Å². The van der Waals surface area contributed by atoms with E-state index in [1.165, 1.54) is 43.2 Å². The number of hydrogen-bond acceptors (Lipinski definition) is 3. The monoisotopic (exact) mass is 490 g/mol.